The Balaban J connectivity index is 2.94. The van der Waals surface area contributed by atoms with Gasteiger partial charge in [-0.1, -0.05) is 22.0 Å². The molecule has 17 heavy (non-hydrogen) atoms. The van der Waals surface area contributed by atoms with Crippen LogP contribution in [0.3, 0.4) is 0 Å². The van der Waals surface area contributed by atoms with E-state index in [4.69, 9.17) is 0 Å². The summed E-state index contributed by atoms with van der Waals surface area (Å²) in [6, 6.07) is 5.33. The smallest absolute Gasteiger partial charge is 0.248 e. The third-order valence-corrected chi connectivity index (χ3v) is 2.38. The molecule has 0 heterocycles. The molecule has 0 unspecified atom stereocenters. The van der Waals surface area contributed by atoms with Gasteiger partial charge in [0.15, 0.2) is 0 Å². The van der Waals surface area contributed by atoms with Crippen LogP contribution >= 0.6 is 15.9 Å². The molecule has 5 heteroatoms. The maximum Gasteiger partial charge on any atom is 0.248 e. The van der Waals surface area contributed by atoms with E-state index >= 15 is 0 Å². The molecule has 0 atom stereocenters. The SMILES string of the molecule is CC(=O)Nc1cccc(NC(=O)/C=C/Br)c1C. The average molecular weight is 297 g/mol. The Labute approximate surface area is 108 Å². The lowest BCUT2D eigenvalue weighted by Gasteiger charge is -2.11. The van der Waals surface area contributed by atoms with Crippen molar-refractivity contribution in [2.45, 2.75) is 13.8 Å². The van der Waals surface area contributed by atoms with E-state index in [1.807, 2.05) is 6.92 Å². The van der Waals surface area contributed by atoms with Crippen LogP contribution in [0.5, 0.6) is 0 Å². The maximum absolute atomic E-state index is 11.4. The van der Waals surface area contributed by atoms with E-state index in [0.717, 1.165) is 5.56 Å². The highest BCUT2D eigenvalue weighted by molar-refractivity contribution is 9.11. The van der Waals surface area contributed by atoms with Gasteiger partial charge in [-0.25, -0.2) is 0 Å². The Morgan fingerprint density at radius 1 is 1.24 bits per heavy atom. The van der Waals surface area contributed by atoms with E-state index in [0.29, 0.717) is 11.4 Å². The largest absolute Gasteiger partial charge is 0.326 e. The van der Waals surface area contributed by atoms with E-state index in [2.05, 4.69) is 26.6 Å². The lowest BCUT2D eigenvalue weighted by molar-refractivity contribution is -0.114. The second-order valence-corrected chi connectivity index (χ2v) is 3.97. The van der Waals surface area contributed by atoms with E-state index in [1.165, 1.54) is 18.0 Å². The van der Waals surface area contributed by atoms with Gasteiger partial charge in [-0.2, -0.15) is 0 Å². The van der Waals surface area contributed by atoms with Crippen molar-refractivity contribution in [3.63, 3.8) is 0 Å². The fourth-order valence-corrected chi connectivity index (χ4v) is 1.57. The molecule has 0 aliphatic rings. The van der Waals surface area contributed by atoms with Crippen molar-refractivity contribution < 1.29 is 9.59 Å². The summed E-state index contributed by atoms with van der Waals surface area (Å²) in [6.45, 7) is 3.27. The Bertz CT molecular complexity index is 470. The Hall–Kier alpha value is -1.62. The van der Waals surface area contributed by atoms with Gasteiger partial charge in [-0.3, -0.25) is 9.59 Å². The molecule has 4 nitrogen and oxygen atoms in total. The fraction of sp³-hybridized carbons (Fsp3) is 0.167. The number of amides is 2. The highest BCUT2D eigenvalue weighted by atomic mass is 79.9. The zero-order chi connectivity index (χ0) is 12.8. The minimum atomic E-state index is -0.232. The zero-order valence-corrected chi connectivity index (χ0v) is 11.2. The molecule has 90 valence electrons. The van der Waals surface area contributed by atoms with Gasteiger partial charge in [-0.15, -0.1) is 0 Å². The molecule has 0 aliphatic heterocycles. The molecule has 2 N–H and O–H groups in total. The molecule has 0 radical (unpaired) electrons. The molecule has 1 rings (SSSR count). The van der Waals surface area contributed by atoms with Crippen molar-refractivity contribution in [1.29, 1.82) is 0 Å². The maximum atomic E-state index is 11.4. The summed E-state index contributed by atoms with van der Waals surface area (Å²) in [7, 11) is 0. The molecule has 1 aromatic rings. The van der Waals surface area contributed by atoms with E-state index in [-0.39, 0.29) is 11.8 Å². The summed E-state index contributed by atoms with van der Waals surface area (Å²) in [5, 5.41) is 5.42. The number of anilines is 2. The van der Waals surface area contributed by atoms with Gasteiger partial charge in [-0.05, 0) is 29.6 Å². The van der Waals surface area contributed by atoms with Crippen LogP contribution in [0.2, 0.25) is 0 Å². The van der Waals surface area contributed by atoms with Crippen molar-refractivity contribution in [2.75, 3.05) is 10.6 Å². The predicted molar refractivity (Wildman–Crippen MR) is 72.2 cm³/mol. The fourth-order valence-electron chi connectivity index (χ4n) is 1.33. The van der Waals surface area contributed by atoms with E-state index in [1.54, 1.807) is 18.2 Å². The van der Waals surface area contributed by atoms with Crippen LogP contribution in [0, 0.1) is 6.92 Å². The highest BCUT2D eigenvalue weighted by Gasteiger charge is 2.06. The Morgan fingerprint density at radius 2 is 1.82 bits per heavy atom. The van der Waals surface area contributed by atoms with Crippen LogP contribution in [0.1, 0.15) is 12.5 Å². The number of halogens is 1. The number of hydrogen-bond acceptors (Lipinski definition) is 2. The first-order valence-corrected chi connectivity index (χ1v) is 5.91. The molecular weight excluding hydrogens is 284 g/mol. The Morgan fingerprint density at radius 3 is 2.35 bits per heavy atom. The number of benzene rings is 1. The summed E-state index contributed by atoms with van der Waals surface area (Å²) in [6.07, 6.45) is 1.37. The minimum Gasteiger partial charge on any atom is -0.326 e. The monoisotopic (exact) mass is 296 g/mol. The second kappa shape index (κ2) is 6.20. The molecule has 0 fully saturated rings. The molecule has 0 aromatic heterocycles. The molecule has 0 saturated heterocycles. The van der Waals surface area contributed by atoms with Gasteiger partial charge in [0.2, 0.25) is 11.8 Å². The Kier molecular flexibility index (Phi) is 4.90. The summed E-state index contributed by atoms with van der Waals surface area (Å²) in [5.41, 5.74) is 2.18. The van der Waals surface area contributed by atoms with E-state index in [9.17, 15) is 9.59 Å². The van der Waals surface area contributed by atoms with Crippen LogP contribution in [0.15, 0.2) is 29.3 Å². The minimum absolute atomic E-state index is 0.142. The number of carbonyl (C=O) groups excluding carboxylic acids is 2. The molecular formula is C12H13BrN2O2. The summed E-state index contributed by atoms with van der Waals surface area (Å²) in [4.78, 5) is 23.8. The molecule has 0 saturated carbocycles. The van der Waals surface area contributed by atoms with Crippen LogP contribution in [0.25, 0.3) is 0 Å². The topological polar surface area (TPSA) is 58.2 Å². The first-order chi connectivity index (χ1) is 8.04. The first-order valence-electron chi connectivity index (χ1n) is 4.99. The zero-order valence-electron chi connectivity index (χ0n) is 9.58. The summed E-state index contributed by atoms with van der Waals surface area (Å²) in [5.74, 6) is -0.373. The van der Waals surface area contributed by atoms with Crippen LogP contribution in [-0.4, -0.2) is 11.8 Å². The van der Waals surface area contributed by atoms with Gasteiger partial charge in [0.25, 0.3) is 0 Å². The summed E-state index contributed by atoms with van der Waals surface area (Å²) < 4.78 is 0. The number of hydrogen-bond donors (Lipinski definition) is 2. The van der Waals surface area contributed by atoms with Gasteiger partial charge in [0, 0.05) is 24.4 Å². The summed E-state index contributed by atoms with van der Waals surface area (Å²) >= 11 is 3.03. The molecule has 0 spiro atoms. The van der Waals surface area contributed by atoms with Crippen molar-refractivity contribution in [3.8, 4) is 0 Å². The van der Waals surface area contributed by atoms with E-state index < -0.39 is 0 Å². The van der Waals surface area contributed by atoms with Crippen LogP contribution in [0.4, 0.5) is 11.4 Å². The standard InChI is InChI=1S/C12H13BrN2O2/c1-8-10(14-9(2)16)4-3-5-11(8)15-12(17)6-7-13/h3-7H,1-2H3,(H,14,16)(H,15,17)/b7-6+. The van der Waals surface area contributed by atoms with Crippen molar-refractivity contribution >= 4 is 39.1 Å². The first kappa shape index (κ1) is 13.4. The third-order valence-electron chi connectivity index (χ3n) is 2.12. The van der Waals surface area contributed by atoms with Gasteiger partial charge in [0.05, 0.1) is 0 Å². The number of rotatable bonds is 3. The second-order valence-electron chi connectivity index (χ2n) is 3.44. The van der Waals surface area contributed by atoms with Gasteiger partial charge in [0.1, 0.15) is 0 Å². The molecule has 0 bridgehead atoms. The van der Waals surface area contributed by atoms with Crippen molar-refractivity contribution in [1.82, 2.24) is 0 Å². The predicted octanol–water partition coefficient (Wildman–Crippen LogP) is 2.80. The highest BCUT2D eigenvalue weighted by Crippen LogP contribution is 2.23. The quantitative estimate of drug-likeness (QED) is 0.843. The lowest BCUT2D eigenvalue weighted by Crippen LogP contribution is -2.11. The molecule has 2 amide bonds. The molecule has 1 aromatic carbocycles. The number of nitrogens with one attached hydrogen (secondary N) is 2. The van der Waals surface area contributed by atoms with Crippen molar-refractivity contribution in [2.24, 2.45) is 0 Å². The van der Waals surface area contributed by atoms with Crippen LogP contribution in [-0.2, 0) is 9.59 Å². The average Bonchev–Trinajstić information content (AvgIpc) is 2.23. The van der Waals surface area contributed by atoms with Crippen molar-refractivity contribution in [3.05, 3.63) is 34.8 Å². The molecule has 0 aliphatic carbocycles. The van der Waals surface area contributed by atoms with Gasteiger partial charge >= 0.3 is 0 Å². The lowest BCUT2D eigenvalue weighted by atomic mass is 10.1. The van der Waals surface area contributed by atoms with Gasteiger partial charge < -0.3 is 10.6 Å². The third kappa shape index (κ3) is 4.03. The number of carbonyl (C=O) groups is 2. The van der Waals surface area contributed by atoms with Crippen LogP contribution < -0.4 is 10.6 Å². The normalized spacial score (nSPS) is 10.3.